The number of alkyl halides is 2. The summed E-state index contributed by atoms with van der Waals surface area (Å²) in [6.45, 7) is -2.97. The Morgan fingerprint density at radius 3 is 2.18 bits per heavy atom. The summed E-state index contributed by atoms with van der Waals surface area (Å²) in [6.07, 6.45) is 1.69. The Morgan fingerprint density at radius 2 is 1.58 bits per heavy atom. The Kier molecular flexibility index (Phi) is 6.01. The lowest BCUT2D eigenvalue weighted by Gasteiger charge is -2.25. The number of hydrogen-bond donors (Lipinski definition) is 1. The van der Waals surface area contributed by atoms with E-state index < -0.39 is 12.7 Å². The van der Waals surface area contributed by atoms with Gasteiger partial charge in [-0.05, 0) is 72.3 Å². The summed E-state index contributed by atoms with van der Waals surface area (Å²) in [5.41, 5.74) is 2.94. The van der Waals surface area contributed by atoms with Gasteiger partial charge in [-0.1, -0.05) is 12.1 Å². The Morgan fingerprint density at radius 1 is 0.939 bits per heavy atom. The molecule has 3 aromatic rings. The summed E-state index contributed by atoms with van der Waals surface area (Å²) in [6, 6.07) is 22.8. The fourth-order valence-corrected chi connectivity index (χ4v) is 3.53. The maximum atomic E-state index is 13.4. The minimum Gasteiger partial charge on any atom is -0.435 e. The predicted molar refractivity (Wildman–Crippen MR) is 117 cm³/mol. The molecule has 162 valence electrons. The van der Waals surface area contributed by atoms with Crippen molar-refractivity contribution in [1.29, 1.82) is 10.5 Å². The van der Waals surface area contributed by atoms with Crippen molar-refractivity contribution in [3.8, 4) is 17.9 Å². The van der Waals surface area contributed by atoms with Crippen LogP contribution in [-0.4, -0.2) is 12.5 Å². The van der Waals surface area contributed by atoms with Gasteiger partial charge in [0.15, 0.2) is 0 Å². The minimum absolute atomic E-state index is 0.0170. The van der Waals surface area contributed by atoms with Crippen LogP contribution in [0.1, 0.15) is 22.7 Å². The second-order valence-corrected chi connectivity index (χ2v) is 7.12. The highest BCUT2D eigenvalue weighted by molar-refractivity contribution is 6.11. The highest BCUT2D eigenvalue weighted by atomic mass is 19.3. The van der Waals surface area contributed by atoms with Crippen LogP contribution in [0.5, 0.6) is 5.75 Å². The number of hydrogen-bond acceptors (Lipinski definition) is 5. The molecule has 1 atom stereocenters. The van der Waals surface area contributed by atoms with Crippen molar-refractivity contribution in [2.75, 3.05) is 10.2 Å². The summed E-state index contributed by atoms with van der Waals surface area (Å²) in [5, 5.41) is 21.1. The fraction of sp³-hybridized carbons (Fsp3) is 0.0800. The van der Waals surface area contributed by atoms with Gasteiger partial charge in [0.05, 0.1) is 29.3 Å². The molecular weight excluding hydrogens is 426 g/mol. The molecule has 0 saturated carbocycles. The van der Waals surface area contributed by atoms with E-state index in [1.807, 2.05) is 12.1 Å². The van der Waals surface area contributed by atoms with Crippen LogP contribution < -0.4 is 15.0 Å². The van der Waals surface area contributed by atoms with E-state index in [4.69, 9.17) is 10.5 Å². The molecule has 0 aliphatic carbocycles. The molecule has 6 nitrogen and oxygen atoms in total. The first-order valence-corrected chi connectivity index (χ1v) is 9.86. The fourth-order valence-electron chi connectivity index (χ4n) is 3.53. The molecule has 1 amide bonds. The van der Waals surface area contributed by atoms with Crippen molar-refractivity contribution in [2.45, 2.75) is 12.7 Å². The molecule has 0 fully saturated rings. The SMILES string of the molecule is N#Cc1ccc(NC2=CC(c3cccc(OC(F)F)c3)N(c3ccc(C#N)cc3)C2=O)cc1. The van der Waals surface area contributed by atoms with Gasteiger partial charge >= 0.3 is 6.61 Å². The summed E-state index contributed by atoms with van der Waals surface area (Å²) in [7, 11) is 0. The minimum atomic E-state index is -2.97. The zero-order valence-corrected chi connectivity index (χ0v) is 17.1. The molecule has 1 N–H and O–H groups in total. The van der Waals surface area contributed by atoms with Crippen molar-refractivity contribution < 1.29 is 18.3 Å². The van der Waals surface area contributed by atoms with Gasteiger partial charge in [-0.2, -0.15) is 19.3 Å². The van der Waals surface area contributed by atoms with Gasteiger partial charge in [-0.3, -0.25) is 9.69 Å². The van der Waals surface area contributed by atoms with E-state index in [9.17, 15) is 13.6 Å². The molecule has 8 heteroatoms. The number of nitriles is 2. The third-order valence-corrected chi connectivity index (χ3v) is 5.04. The quantitative estimate of drug-likeness (QED) is 0.573. The van der Waals surface area contributed by atoms with Gasteiger partial charge in [0.2, 0.25) is 0 Å². The van der Waals surface area contributed by atoms with Crippen LogP contribution in [0.25, 0.3) is 0 Å². The summed E-state index contributed by atoms with van der Waals surface area (Å²) in [4.78, 5) is 14.9. The molecule has 0 spiro atoms. The van der Waals surface area contributed by atoms with E-state index in [0.29, 0.717) is 28.1 Å². The number of rotatable bonds is 6. The molecule has 1 unspecified atom stereocenters. The summed E-state index contributed by atoms with van der Waals surface area (Å²) in [5.74, 6) is -0.356. The van der Waals surface area contributed by atoms with E-state index in [-0.39, 0.29) is 17.4 Å². The Bertz CT molecular complexity index is 1290. The number of nitrogens with zero attached hydrogens (tertiary/aromatic N) is 3. The summed E-state index contributed by atoms with van der Waals surface area (Å²) < 4.78 is 29.9. The van der Waals surface area contributed by atoms with Crippen molar-refractivity contribution in [2.24, 2.45) is 0 Å². The molecule has 1 aliphatic heterocycles. The number of nitrogens with one attached hydrogen (secondary N) is 1. The Labute approximate surface area is 188 Å². The van der Waals surface area contributed by atoms with E-state index in [1.54, 1.807) is 66.7 Å². The molecule has 0 radical (unpaired) electrons. The van der Waals surface area contributed by atoms with E-state index in [1.165, 1.54) is 17.0 Å². The number of amides is 1. The van der Waals surface area contributed by atoms with Gasteiger partial charge in [-0.15, -0.1) is 0 Å². The maximum absolute atomic E-state index is 13.4. The number of carbonyl (C=O) groups excluding carboxylic acids is 1. The number of anilines is 2. The van der Waals surface area contributed by atoms with E-state index >= 15 is 0 Å². The third-order valence-electron chi connectivity index (χ3n) is 5.04. The molecular formula is C25H16F2N4O2. The lowest BCUT2D eigenvalue weighted by Crippen LogP contribution is -2.30. The maximum Gasteiger partial charge on any atom is 0.387 e. The van der Waals surface area contributed by atoms with Crippen LogP contribution in [0.2, 0.25) is 0 Å². The first kappa shape index (κ1) is 21.5. The topological polar surface area (TPSA) is 89.2 Å². The second kappa shape index (κ2) is 9.21. The van der Waals surface area contributed by atoms with Gasteiger partial charge < -0.3 is 10.1 Å². The summed E-state index contributed by atoms with van der Waals surface area (Å²) >= 11 is 0. The van der Waals surface area contributed by atoms with Crippen LogP contribution in [0.15, 0.2) is 84.6 Å². The van der Waals surface area contributed by atoms with Crippen LogP contribution in [-0.2, 0) is 4.79 Å². The molecule has 1 aliphatic rings. The van der Waals surface area contributed by atoms with Crippen molar-refractivity contribution in [3.05, 3.63) is 101 Å². The van der Waals surface area contributed by atoms with Crippen molar-refractivity contribution >= 4 is 17.3 Å². The van der Waals surface area contributed by atoms with Crippen LogP contribution in [0, 0.1) is 22.7 Å². The number of benzene rings is 3. The van der Waals surface area contributed by atoms with Gasteiger partial charge in [-0.25, -0.2) is 0 Å². The second-order valence-electron chi connectivity index (χ2n) is 7.12. The Balaban J connectivity index is 1.72. The lowest BCUT2D eigenvalue weighted by molar-refractivity contribution is -0.114. The number of carbonyl (C=O) groups is 1. The highest BCUT2D eigenvalue weighted by Gasteiger charge is 2.35. The van der Waals surface area contributed by atoms with Crippen LogP contribution >= 0.6 is 0 Å². The van der Waals surface area contributed by atoms with Gasteiger partial charge in [0.1, 0.15) is 11.4 Å². The predicted octanol–water partition coefficient (Wildman–Crippen LogP) is 5.12. The zero-order chi connectivity index (χ0) is 23.4. The molecule has 0 aromatic heterocycles. The highest BCUT2D eigenvalue weighted by Crippen LogP contribution is 2.37. The van der Waals surface area contributed by atoms with Crippen molar-refractivity contribution in [3.63, 3.8) is 0 Å². The molecule has 3 aromatic carbocycles. The molecule has 1 heterocycles. The largest absolute Gasteiger partial charge is 0.435 e. The molecule has 0 saturated heterocycles. The first-order valence-electron chi connectivity index (χ1n) is 9.86. The standard InChI is InChI=1S/C25H16F2N4O2/c26-25(27)33-21-3-1-2-18(12-21)23-13-22(30-19-8-4-16(14-28)5-9-19)24(32)31(23)20-10-6-17(15-29)7-11-20/h1-13,23,25,30H. The normalized spacial score (nSPS) is 15.1. The van der Waals surface area contributed by atoms with Crippen molar-refractivity contribution in [1.82, 2.24) is 0 Å². The lowest BCUT2D eigenvalue weighted by atomic mass is 10.1. The van der Waals surface area contributed by atoms with E-state index in [0.717, 1.165) is 0 Å². The van der Waals surface area contributed by atoms with Crippen LogP contribution in [0.3, 0.4) is 0 Å². The van der Waals surface area contributed by atoms with Gasteiger partial charge in [0, 0.05) is 11.4 Å². The number of halogens is 2. The Hall–Kier alpha value is -4.69. The average molecular weight is 442 g/mol. The molecule has 33 heavy (non-hydrogen) atoms. The van der Waals surface area contributed by atoms with E-state index in [2.05, 4.69) is 10.1 Å². The van der Waals surface area contributed by atoms with Gasteiger partial charge in [0.25, 0.3) is 5.91 Å². The smallest absolute Gasteiger partial charge is 0.387 e. The molecule has 0 bridgehead atoms. The number of ether oxygens (including phenoxy) is 1. The first-order chi connectivity index (χ1) is 16.0. The molecule has 4 rings (SSSR count). The third kappa shape index (κ3) is 4.65. The average Bonchev–Trinajstić information content (AvgIpc) is 3.15. The monoisotopic (exact) mass is 442 g/mol. The zero-order valence-electron chi connectivity index (χ0n) is 17.1. The van der Waals surface area contributed by atoms with Crippen LogP contribution in [0.4, 0.5) is 20.2 Å².